The molecule has 0 aromatic carbocycles. The van der Waals surface area contributed by atoms with E-state index >= 15 is 0 Å². The summed E-state index contributed by atoms with van der Waals surface area (Å²) in [5, 5.41) is 9.15. The lowest BCUT2D eigenvalue weighted by atomic mass is 10.1. The standard InChI is InChI=1S/C16H22N4O2S/c17-12-15-16(7-4-8-18-15)23(21,22)20-11-5-6-14(20)13-19-9-2-1-3-10-19/h4,7-8,14H,1-3,5-6,9-11,13H2/t14-/m0/s1. The third-order valence-electron chi connectivity index (χ3n) is 4.70. The molecule has 2 aliphatic heterocycles. The van der Waals surface area contributed by atoms with Crippen LogP contribution in [-0.4, -0.2) is 54.8 Å². The monoisotopic (exact) mass is 334 g/mol. The lowest BCUT2D eigenvalue weighted by molar-refractivity contribution is 0.189. The third kappa shape index (κ3) is 3.39. The lowest BCUT2D eigenvalue weighted by Crippen LogP contribution is -2.44. The van der Waals surface area contributed by atoms with Crippen LogP contribution in [0.4, 0.5) is 0 Å². The second-order valence-corrected chi connectivity index (χ2v) is 8.09. The lowest BCUT2D eigenvalue weighted by Gasteiger charge is -2.32. The van der Waals surface area contributed by atoms with E-state index < -0.39 is 10.0 Å². The van der Waals surface area contributed by atoms with Gasteiger partial charge in [0.25, 0.3) is 0 Å². The van der Waals surface area contributed by atoms with Gasteiger partial charge in [0, 0.05) is 25.3 Å². The molecule has 0 radical (unpaired) electrons. The van der Waals surface area contributed by atoms with Crippen molar-refractivity contribution >= 4 is 10.0 Å². The zero-order valence-electron chi connectivity index (χ0n) is 13.2. The summed E-state index contributed by atoms with van der Waals surface area (Å²) in [5.41, 5.74) is -0.0175. The Morgan fingerprint density at radius 2 is 2.00 bits per heavy atom. The normalized spacial score (nSPS) is 23.7. The van der Waals surface area contributed by atoms with E-state index in [9.17, 15) is 8.42 Å². The number of nitriles is 1. The van der Waals surface area contributed by atoms with Crippen molar-refractivity contribution in [2.75, 3.05) is 26.2 Å². The summed E-state index contributed by atoms with van der Waals surface area (Å²) in [7, 11) is -3.66. The number of likely N-dealkylation sites (tertiary alicyclic amines) is 1. The van der Waals surface area contributed by atoms with Crippen LogP contribution in [0.15, 0.2) is 23.2 Å². The van der Waals surface area contributed by atoms with Crippen molar-refractivity contribution in [3.8, 4) is 6.07 Å². The van der Waals surface area contributed by atoms with E-state index in [1.165, 1.54) is 31.5 Å². The predicted octanol–water partition coefficient (Wildman–Crippen LogP) is 1.59. The smallest absolute Gasteiger partial charge is 0.246 e. The van der Waals surface area contributed by atoms with E-state index in [0.29, 0.717) is 6.54 Å². The van der Waals surface area contributed by atoms with Crippen LogP contribution in [0.5, 0.6) is 0 Å². The molecule has 0 bridgehead atoms. The highest BCUT2D eigenvalue weighted by Gasteiger charge is 2.37. The van der Waals surface area contributed by atoms with Gasteiger partial charge in [0.2, 0.25) is 10.0 Å². The van der Waals surface area contributed by atoms with E-state index in [1.807, 2.05) is 6.07 Å². The van der Waals surface area contributed by atoms with Gasteiger partial charge in [0.15, 0.2) is 5.69 Å². The largest absolute Gasteiger partial charge is 0.302 e. The number of piperidine rings is 1. The number of pyridine rings is 1. The molecule has 3 rings (SSSR count). The van der Waals surface area contributed by atoms with Gasteiger partial charge in [0.05, 0.1) is 0 Å². The maximum atomic E-state index is 13.0. The van der Waals surface area contributed by atoms with E-state index in [-0.39, 0.29) is 16.6 Å². The van der Waals surface area contributed by atoms with Crippen LogP contribution >= 0.6 is 0 Å². The predicted molar refractivity (Wildman–Crippen MR) is 86.2 cm³/mol. The zero-order chi connectivity index (χ0) is 16.3. The maximum absolute atomic E-state index is 13.0. The van der Waals surface area contributed by atoms with Crippen molar-refractivity contribution in [2.45, 2.75) is 43.0 Å². The van der Waals surface area contributed by atoms with E-state index in [1.54, 1.807) is 10.4 Å². The van der Waals surface area contributed by atoms with Crippen LogP contribution in [-0.2, 0) is 10.0 Å². The van der Waals surface area contributed by atoms with E-state index in [2.05, 4.69) is 9.88 Å². The molecule has 0 N–H and O–H groups in total. The minimum Gasteiger partial charge on any atom is -0.302 e. The summed E-state index contributed by atoms with van der Waals surface area (Å²) in [4.78, 5) is 6.30. The summed E-state index contributed by atoms with van der Waals surface area (Å²) < 4.78 is 27.5. The van der Waals surface area contributed by atoms with Gasteiger partial charge < -0.3 is 4.90 Å². The minimum absolute atomic E-state index is 0.00449. The zero-order valence-corrected chi connectivity index (χ0v) is 14.0. The first-order valence-corrected chi connectivity index (χ1v) is 9.66. The highest BCUT2D eigenvalue weighted by molar-refractivity contribution is 7.89. The van der Waals surface area contributed by atoms with Crippen LogP contribution in [0, 0.1) is 11.3 Å². The molecular weight excluding hydrogens is 312 g/mol. The van der Waals surface area contributed by atoms with Gasteiger partial charge in [-0.2, -0.15) is 9.57 Å². The minimum atomic E-state index is -3.66. The summed E-state index contributed by atoms with van der Waals surface area (Å²) in [6.45, 7) is 3.43. The Morgan fingerprint density at radius 3 is 2.74 bits per heavy atom. The Kier molecular flexibility index (Phi) is 4.95. The molecule has 7 heteroatoms. The maximum Gasteiger partial charge on any atom is 0.246 e. The molecule has 124 valence electrons. The van der Waals surface area contributed by atoms with Gasteiger partial charge in [-0.05, 0) is 50.9 Å². The van der Waals surface area contributed by atoms with Crippen molar-refractivity contribution in [3.63, 3.8) is 0 Å². The van der Waals surface area contributed by atoms with Crippen LogP contribution in [0.3, 0.4) is 0 Å². The fraction of sp³-hybridized carbons (Fsp3) is 0.625. The first-order valence-electron chi connectivity index (χ1n) is 8.22. The highest BCUT2D eigenvalue weighted by atomic mass is 32.2. The number of nitrogens with zero attached hydrogens (tertiary/aromatic N) is 4. The summed E-state index contributed by atoms with van der Waals surface area (Å²) >= 11 is 0. The van der Waals surface area contributed by atoms with Crippen molar-refractivity contribution in [1.29, 1.82) is 5.26 Å². The van der Waals surface area contributed by atoms with Crippen molar-refractivity contribution in [3.05, 3.63) is 24.0 Å². The Bertz CT molecular complexity index is 692. The topological polar surface area (TPSA) is 77.3 Å². The Labute approximate surface area is 137 Å². The molecule has 1 atom stereocenters. The molecule has 0 spiro atoms. The summed E-state index contributed by atoms with van der Waals surface area (Å²) in [6.07, 6.45) is 6.87. The van der Waals surface area contributed by atoms with E-state index in [4.69, 9.17) is 5.26 Å². The molecule has 2 fully saturated rings. The number of aromatic nitrogens is 1. The molecule has 0 saturated carbocycles. The number of sulfonamides is 1. The highest BCUT2D eigenvalue weighted by Crippen LogP contribution is 2.28. The van der Waals surface area contributed by atoms with Gasteiger partial charge in [-0.1, -0.05) is 6.42 Å². The molecule has 6 nitrogen and oxygen atoms in total. The number of hydrogen-bond donors (Lipinski definition) is 0. The number of hydrogen-bond acceptors (Lipinski definition) is 5. The Morgan fingerprint density at radius 1 is 1.22 bits per heavy atom. The molecule has 1 aromatic heterocycles. The summed E-state index contributed by atoms with van der Waals surface area (Å²) in [5.74, 6) is 0. The molecule has 23 heavy (non-hydrogen) atoms. The van der Waals surface area contributed by atoms with Crippen LogP contribution in [0.1, 0.15) is 37.8 Å². The SMILES string of the molecule is N#Cc1ncccc1S(=O)(=O)N1CCC[C@H]1CN1CCCCC1. The molecule has 1 aromatic rings. The van der Waals surface area contributed by atoms with E-state index in [0.717, 1.165) is 32.5 Å². The molecule has 0 unspecified atom stereocenters. The number of rotatable bonds is 4. The average Bonchev–Trinajstić information content (AvgIpc) is 3.04. The second kappa shape index (κ2) is 6.95. The van der Waals surface area contributed by atoms with Gasteiger partial charge in [-0.3, -0.25) is 0 Å². The molecule has 0 amide bonds. The molecule has 3 heterocycles. The van der Waals surface area contributed by atoms with Gasteiger partial charge >= 0.3 is 0 Å². The third-order valence-corrected chi connectivity index (χ3v) is 6.69. The van der Waals surface area contributed by atoms with Gasteiger partial charge in [-0.15, -0.1) is 0 Å². The molecular formula is C16H22N4O2S. The van der Waals surface area contributed by atoms with Crippen molar-refractivity contribution < 1.29 is 8.42 Å². The first kappa shape index (κ1) is 16.4. The van der Waals surface area contributed by atoms with Crippen LogP contribution < -0.4 is 0 Å². The Balaban J connectivity index is 1.82. The fourth-order valence-corrected chi connectivity index (χ4v) is 5.34. The first-order chi connectivity index (χ1) is 11.1. The quantitative estimate of drug-likeness (QED) is 0.836. The van der Waals surface area contributed by atoms with Crippen molar-refractivity contribution in [1.82, 2.24) is 14.2 Å². The summed E-state index contributed by atoms with van der Waals surface area (Å²) in [6, 6.07) is 4.95. The van der Waals surface area contributed by atoms with Crippen LogP contribution in [0.25, 0.3) is 0 Å². The van der Waals surface area contributed by atoms with Crippen molar-refractivity contribution in [2.24, 2.45) is 0 Å². The van der Waals surface area contributed by atoms with Gasteiger partial charge in [-0.25, -0.2) is 13.4 Å². The molecule has 0 aliphatic carbocycles. The Hall–Kier alpha value is -1.49. The fourth-order valence-electron chi connectivity index (χ4n) is 3.56. The second-order valence-electron chi connectivity index (χ2n) is 6.24. The molecule has 2 saturated heterocycles. The van der Waals surface area contributed by atoms with Crippen LogP contribution in [0.2, 0.25) is 0 Å². The average molecular weight is 334 g/mol. The van der Waals surface area contributed by atoms with Gasteiger partial charge in [0.1, 0.15) is 11.0 Å². The molecule has 2 aliphatic rings.